The molecule has 1 N–H and O–H groups in total. The number of hydrogen-bond acceptors (Lipinski definition) is 1. The summed E-state index contributed by atoms with van der Waals surface area (Å²) in [5.74, 6) is 0. The van der Waals surface area contributed by atoms with E-state index in [1.165, 1.54) is 0 Å². The first-order chi connectivity index (χ1) is 6.88. The van der Waals surface area contributed by atoms with Gasteiger partial charge in [-0.1, -0.05) is 40.3 Å². The van der Waals surface area contributed by atoms with E-state index in [9.17, 15) is 0 Å². The summed E-state index contributed by atoms with van der Waals surface area (Å²) in [6, 6.07) is 0. The van der Waals surface area contributed by atoms with Gasteiger partial charge in [-0.25, -0.2) is 4.98 Å². The summed E-state index contributed by atoms with van der Waals surface area (Å²) < 4.78 is 0. The van der Waals surface area contributed by atoms with Gasteiger partial charge in [0.2, 0.25) is 0 Å². The van der Waals surface area contributed by atoms with Gasteiger partial charge in [0.15, 0.2) is 0 Å². The minimum Gasteiger partial charge on any atom is -0.345 e. The van der Waals surface area contributed by atoms with Crippen molar-refractivity contribution in [2.45, 2.75) is 34.6 Å². The SMILES string of the molecule is C=Cc1nc[nH]c1/C=C\C.CC.CC. The molecule has 0 amide bonds. The van der Waals surface area contributed by atoms with Crippen LogP contribution in [0.3, 0.4) is 0 Å². The second-order valence-corrected chi connectivity index (χ2v) is 1.91. The van der Waals surface area contributed by atoms with Crippen molar-refractivity contribution in [1.29, 1.82) is 0 Å². The number of aromatic amines is 1. The average molecular weight is 194 g/mol. The summed E-state index contributed by atoms with van der Waals surface area (Å²) in [6.45, 7) is 13.6. The molecule has 0 spiro atoms. The summed E-state index contributed by atoms with van der Waals surface area (Å²) in [4.78, 5) is 7.02. The van der Waals surface area contributed by atoms with Crippen LogP contribution in [0.1, 0.15) is 46.0 Å². The molecule has 1 aromatic rings. The highest BCUT2D eigenvalue weighted by molar-refractivity contribution is 5.57. The summed E-state index contributed by atoms with van der Waals surface area (Å²) in [7, 11) is 0. The number of H-pyrrole nitrogens is 1. The average Bonchev–Trinajstić information content (AvgIpc) is 2.72. The van der Waals surface area contributed by atoms with E-state index in [4.69, 9.17) is 0 Å². The van der Waals surface area contributed by atoms with Crippen LogP contribution in [0.15, 0.2) is 19.0 Å². The smallest absolute Gasteiger partial charge is 0.0931 e. The molecular weight excluding hydrogens is 172 g/mol. The zero-order valence-electron chi connectivity index (χ0n) is 9.96. The lowest BCUT2D eigenvalue weighted by molar-refractivity contribution is 1.30. The van der Waals surface area contributed by atoms with Crippen molar-refractivity contribution in [1.82, 2.24) is 9.97 Å². The molecule has 1 rings (SSSR count). The van der Waals surface area contributed by atoms with Gasteiger partial charge < -0.3 is 4.98 Å². The fourth-order valence-corrected chi connectivity index (χ4v) is 0.778. The highest BCUT2D eigenvalue weighted by Gasteiger charge is 1.94. The Morgan fingerprint density at radius 1 is 1.29 bits per heavy atom. The Hall–Kier alpha value is -1.31. The minimum atomic E-state index is 0.901. The Balaban J connectivity index is 0. The van der Waals surface area contributed by atoms with Crippen molar-refractivity contribution >= 4 is 12.2 Å². The number of hydrogen-bond donors (Lipinski definition) is 1. The Kier molecular flexibility index (Phi) is 12.7. The Morgan fingerprint density at radius 3 is 2.29 bits per heavy atom. The molecule has 0 unspecified atom stereocenters. The van der Waals surface area contributed by atoms with Crippen LogP contribution in [-0.4, -0.2) is 9.97 Å². The van der Waals surface area contributed by atoms with Crippen LogP contribution in [-0.2, 0) is 0 Å². The van der Waals surface area contributed by atoms with Gasteiger partial charge in [0.05, 0.1) is 17.7 Å². The molecule has 14 heavy (non-hydrogen) atoms. The van der Waals surface area contributed by atoms with Crippen molar-refractivity contribution < 1.29 is 0 Å². The normalized spacial score (nSPS) is 8.36. The van der Waals surface area contributed by atoms with E-state index < -0.39 is 0 Å². The third kappa shape index (κ3) is 5.36. The van der Waals surface area contributed by atoms with Gasteiger partial charge in [0, 0.05) is 0 Å². The van der Waals surface area contributed by atoms with E-state index in [0.717, 1.165) is 11.4 Å². The number of imidazole rings is 1. The first-order valence-electron chi connectivity index (χ1n) is 5.17. The molecule has 2 heteroatoms. The largest absolute Gasteiger partial charge is 0.345 e. The van der Waals surface area contributed by atoms with E-state index in [0.29, 0.717) is 0 Å². The Bertz CT molecular complexity index is 247. The predicted molar refractivity (Wildman–Crippen MR) is 66.1 cm³/mol. The lowest BCUT2D eigenvalue weighted by Gasteiger charge is -1.85. The van der Waals surface area contributed by atoms with Crippen LogP contribution in [0.25, 0.3) is 12.2 Å². The molecule has 0 aliphatic carbocycles. The molecule has 0 atom stereocenters. The number of aromatic nitrogens is 2. The first kappa shape index (κ1) is 15.2. The maximum atomic E-state index is 4.03. The Morgan fingerprint density at radius 2 is 1.86 bits per heavy atom. The van der Waals surface area contributed by atoms with Gasteiger partial charge >= 0.3 is 0 Å². The molecule has 0 radical (unpaired) electrons. The van der Waals surface area contributed by atoms with Crippen LogP contribution >= 0.6 is 0 Å². The van der Waals surface area contributed by atoms with Crippen LogP contribution in [0.2, 0.25) is 0 Å². The molecule has 0 saturated carbocycles. The van der Waals surface area contributed by atoms with Crippen molar-refractivity contribution in [3.05, 3.63) is 30.4 Å². The zero-order chi connectivity index (χ0) is 11.4. The summed E-state index contributed by atoms with van der Waals surface area (Å²) in [6.07, 6.45) is 7.31. The molecule has 1 aromatic heterocycles. The monoisotopic (exact) mass is 194 g/mol. The molecule has 0 fully saturated rings. The fraction of sp³-hybridized carbons (Fsp3) is 0.417. The summed E-state index contributed by atoms with van der Waals surface area (Å²) in [5, 5.41) is 0. The maximum absolute atomic E-state index is 4.03. The molecule has 0 aromatic carbocycles. The number of nitrogens with zero attached hydrogens (tertiary/aromatic N) is 1. The van der Waals surface area contributed by atoms with E-state index in [2.05, 4.69) is 16.5 Å². The topological polar surface area (TPSA) is 28.7 Å². The molecule has 1 heterocycles. The lowest BCUT2D eigenvalue weighted by atomic mass is 10.3. The third-order valence-corrected chi connectivity index (χ3v) is 1.23. The van der Waals surface area contributed by atoms with Crippen molar-refractivity contribution in [2.75, 3.05) is 0 Å². The van der Waals surface area contributed by atoms with E-state index in [1.807, 2.05) is 46.8 Å². The van der Waals surface area contributed by atoms with Gasteiger partial charge in [-0.15, -0.1) is 0 Å². The third-order valence-electron chi connectivity index (χ3n) is 1.23. The van der Waals surface area contributed by atoms with Crippen molar-refractivity contribution in [2.24, 2.45) is 0 Å². The minimum absolute atomic E-state index is 0.901. The van der Waals surface area contributed by atoms with E-state index in [-0.39, 0.29) is 0 Å². The molecule has 0 aliphatic heterocycles. The molecule has 0 aliphatic rings. The first-order valence-corrected chi connectivity index (χ1v) is 5.17. The summed E-state index contributed by atoms with van der Waals surface area (Å²) in [5.41, 5.74) is 1.91. The predicted octanol–water partition coefficient (Wildman–Crippen LogP) is 4.14. The second-order valence-electron chi connectivity index (χ2n) is 1.91. The van der Waals surface area contributed by atoms with Gasteiger partial charge in [-0.2, -0.15) is 0 Å². The molecule has 80 valence electrons. The standard InChI is InChI=1S/C8H10N2.2C2H6/c1-3-5-8-7(4-2)9-6-10-8;2*1-2/h3-6H,2H2,1H3,(H,9,10);2*1-2H3/b5-3-;;. The van der Waals surface area contributed by atoms with Crippen molar-refractivity contribution in [3.63, 3.8) is 0 Å². The molecule has 0 bridgehead atoms. The molecule has 2 nitrogen and oxygen atoms in total. The maximum Gasteiger partial charge on any atom is 0.0931 e. The highest BCUT2D eigenvalue weighted by atomic mass is 14.9. The number of allylic oxidation sites excluding steroid dienone is 1. The van der Waals surface area contributed by atoms with Crippen molar-refractivity contribution in [3.8, 4) is 0 Å². The Labute approximate surface area is 87.8 Å². The molecule has 0 saturated heterocycles. The van der Waals surface area contributed by atoms with Crippen LogP contribution in [0.4, 0.5) is 0 Å². The lowest BCUT2D eigenvalue weighted by Crippen LogP contribution is -1.74. The van der Waals surface area contributed by atoms with E-state index >= 15 is 0 Å². The van der Waals surface area contributed by atoms with Gasteiger partial charge in [0.1, 0.15) is 0 Å². The second kappa shape index (κ2) is 11.7. The highest BCUT2D eigenvalue weighted by Crippen LogP contribution is 2.05. The van der Waals surface area contributed by atoms with Crippen LogP contribution in [0.5, 0.6) is 0 Å². The van der Waals surface area contributed by atoms with Crippen LogP contribution in [0, 0.1) is 0 Å². The van der Waals surface area contributed by atoms with Gasteiger partial charge in [0.25, 0.3) is 0 Å². The van der Waals surface area contributed by atoms with Gasteiger partial charge in [-0.05, 0) is 19.1 Å². The van der Waals surface area contributed by atoms with Crippen LogP contribution < -0.4 is 0 Å². The van der Waals surface area contributed by atoms with E-state index in [1.54, 1.807) is 12.4 Å². The number of nitrogens with one attached hydrogen (secondary N) is 1. The zero-order valence-corrected chi connectivity index (χ0v) is 9.96. The fourth-order valence-electron chi connectivity index (χ4n) is 0.778. The quantitative estimate of drug-likeness (QED) is 0.753. The molecular formula is C12H22N2. The summed E-state index contributed by atoms with van der Waals surface area (Å²) >= 11 is 0. The van der Waals surface area contributed by atoms with Gasteiger partial charge in [-0.3, -0.25) is 0 Å². The number of rotatable bonds is 2.